The number of hydrogen-bond acceptors (Lipinski definition) is 1. The van der Waals surface area contributed by atoms with Gasteiger partial charge in [-0.25, -0.2) is 0 Å². The van der Waals surface area contributed by atoms with Crippen molar-refractivity contribution in [3.8, 4) is 0 Å². The van der Waals surface area contributed by atoms with Crippen LogP contribution in [0, 0.1) is 16.7 Å². The van der Waals surface area contributed by atoms with Crippen LogP contribution < -0.4 is 0 Å². The Morgan fingerprint density at radius 3 is 2.26 bits per heavy atom. The first kappa shape index (κ1) is 22.4. The van der Waals surface area contributed by atoms with Crippen LogP contribution in [0.5, 0.6) is 0 Å². The first-order chi connectivity index (χ1) is 13.0. The summed E-state index contributed by atoms with van der Waals surface area (Å²) in [5, 5.41) is 0. The second kappa shape index (κ2) is 10.6. The molecule has 2 rings (SSSR count). The topological polar surface area (TPSA) is 17.1 Å². The van der Waals surface area contributed by atoms with Crippen LogP contribution in [0.2, 0.25) is 0 Å². The van der Waals surface area contributed by atoms with Crippen molar-refractivity contribution < 1.29 is 4.79 Å². The summed E-state index contributed by atoms with van der Waals surface area (Å²) in [7, 11) is 0. The summed E-state index contributed by atoms with van der Waals surface area (Å²) in [5.74, 6) is 1.03. The Kier molecular flexibility index (Phi) is 8.83. The molecular formula is C26H44O. The standard InChI is InChI=1S/C26H44O/c1-5-7-9-11-12-14-16-18-23-20-25(3)21-26(23,4)22(19-24(25)27)17-15-13-10-8-6-2/h16,18,20,22H,5-15,17,19,21H2,1-4H3/b18-16+. The van der Waals surface area contributed by atoms with Gasteiger partial charge in [-0.2, -0.15) is 0 Å². The van der Waals surface area contributed by atoms with E-state index in [4.69, 9.17) is 0 Å². The predicted octanol–water partition coefficient (Wildman–Crippen LogP) is 8.20. The predicted molar refractivity (Wildman–Crippen MR) is 118 cm³/mol. The fourth-order valence-electron chi connectivity index (χ4n) is 5.39. The van der Waals surface area contributed by atoms with E-state index >= 15 is 0 Å². The van der Waals surface area contributed by atoms with Gasteiger partial charge < -0.3 is 0 Å². The molecule has 3 atom stereocenters. The van der Waals surface area contributed by atoms with E-state index in [1.54, 1.807) is 0 Å². The van der Waals surface area contributed by atoms with E-state index in [1.165, 1.54) is 82.6 Å². The summed E-state index contributed by atoms with van der Waals surface area (Å²) in [6.07, 6.45) is 24.7. The third kappa shape index (κ3) is 5.81. The van der Waals surface area contributed by atoms with Gasteiger partial charge in [-0.1, -0.05) is 96.8 Å². The molecule has 0 aromatic carbocycles. The normalized spacial score (nSPS) is 30.3. The summed E-state index contributed by atoms with van der Waals surface area (Å²) < 4.78 is 0. The lowest BCUT2D eigenvalue weighted by molar-refractivity contribution is -0.131. The highest BCUT2D eigenvalue weighted by atomic mass is 16.1. The molecule has 2 aliphatic carbocycles. The summed E-state index contributed by atoms with van der Waals surface area (Å²) in [6.45, 7) is 9.16. The maximum absolute atomic E-state index is 12.8. The molecule has 27 heavy (non-hydrogen) atoms. The van der Waals surface area contributed by atoms with Crippen molar-refractivity contribution in [2.24, 2.45) is 16.7 Å². The zero-order valence-electron chi connectivity index (χ0n) is 18.6. The van der Waals surface area contributed by atoms with Crippen LogP contribution in [0.15, 0.2) is 23.8 Å². The van der Waals surface area contributed by atoms with Crippen molar-refractivity contribution in [3.05, 3.63) is 23.8 Å². The van der Waals surface area contributed by atoms with Gasteiger partial charge in [0.2, 0.25) is 0 Å². The molecule has 0 spiro atoms. The molecule has 0 aliphatic heterocycles. The molecule has 0 radical (unpaired) electrons. The highest BCUT2D eigenvalue weighted by Gasteiger charge is 2.54. The minimum Gasteiger partial charge on any atom is -0.299 e. The molecule has 1 saturated carbocycles. The number of fused-ring (bicyclic) bond motifs is 2. The number of allylic oxidation sites excluding steroid dienone is 4. The number of carbonyl (C=O) groups is 1. The average Bonchev–Trinajstić information content (AvgIpc) is 2.88. The Morgan fingerprint density at radius 2 is 1.59 bits per heavy atom. The van der Waals surface area contributed by atoms with Crippen LogP contribution in [0.25, 0.3) is 0 Å². The Hall–Kier alpha value is -0.850. The van der Waals surface area contributed by atoms with Crippen LogP contribution >= 0.6 is 0 Å². The second-order valence-electron chi connectivity index (χ2n) is 9.74. The van der Waals surface area contributed by atoms with Gasteiger partial charge in [0.25, 0.3) is 0 Å². The number of hydrogen-bond donors (Lipinski definition) is 0. The average molecular weight is 373 g/mol. The zero-order valence-corrected chi connectivity index (χ0v) is 18.6. The highest BCUT2D eigenvalue weighted by molar-refractivity contribution is 5.89. The lowest BCUT2D eigenvalue weighted by Gasteiger charge is -2.43. The summed E-state index contributed by atoms with van der Waals surface area (Å²) in [4.78, 5) is 12.8. The number of unbranched alkanes of at least 4 members (excludes halogenated alkanes) is 9. The molecule has 2 aliphatic rings. The van der Waals surface area contributed by atoms with Gasteiger partial charge in [0.15, 0.2) is 0 Å². The van der Waals surface area contributed by atoms with E-state index in [2.05, 4.69) is 45.9 Å². The van der Waals surface area contributed by atoms with E-state index in [-0.39, 0.29) is 10.8 Å². The van der Waals surface area contributed by atoms with E-state index < -0.39 is 0 Å². The third-order valence-corrected chi connectivity index (χ3v) is 7.27. The molecule has 2 bridgehead atoms. The Bertz CT molecular complexity index is 528. The van der Waals surface area contributed by atoms with E-state index in [0.29, 0.717) is 11.7 Å². The van der Waals surface area contributed by atoms with Crippen molar-refractivity contribution >= 4 is 5.78 Å². The molecular weight excluding hydrogens is 328 g/mol. The van der Waals surface area contributed by atoms with Crippen molar-refractivity contribution in [2.45, 2.75) is 118 Å². The lowest BCUT2D eigenvalue weighted by Crippen LogP contribution is -2.40. The molecule has 0 aromatic heterocycles. The molecule has 1 fully saturated rings. The van der Waals surface area contributed by atoms with Gasteiger partial charge in [-0.05, 0) is 49.5 Å². The van der Waals surface area contributed by atoms with Crippen molar-refractivity contribution in [2.75, 3.05) is 0 Å². The maximum atomic E-state index is 12.8. The summed E-state index contributed by atoms with van der Waals surface area (Å²) >= 11 is 0. The maximum Gasteiger partial charge on any atom is 0.142 e. The number of rotatable bonds is 13. The molecule has 1 heteroatoms. The Morgan fingerprint density at radius 1 is 0.963 bits per heavy atom. The van der Waals surface area contributed by atoms with Gasteiger partial charge in [0.05, 0.1) is 0 Å². The van der Waals surface area contributed by atoms with Gasteiger partial charge >= 0.3 is 0 Å². The molecule has 0 aromatic rings. The molecule has 0 heterocycles. The minimum absolute atomic E-state index is 0.200. The molecule has 3 unspecified atom stereocenters. The molecule has 1 nitrogen and oxygen atoms in total. The molecule has 154 valence electrons. The quantitative estimate of drug-likeness (QED) is 0.298. The fraction of sp³-hybridized carbons (Fsp3) is 0.808. The van der Waals surface area contributed by atoms with Gasteiger partial charge in [-0.3, -0.25) is 4.79 Å². The summed E-state index contributed by atoms with van der Waals surface area (Å²) in [5.41, 5.74) is 1.48. The van der Waals surface area contributed by atoms with Crippen LogP contribution in [0.4, 0.5) is 0 Å². The third-order valence-electron chi connectivity index (χ3n) is 7.27. The Balaban J connectivity index is 1.93. The van der Waals surface area contributed by atoms with Crippen LogP contribution in [-0.2, 0) is 4.79 Å². The number of carbonyl (C=O) groups excluding carboxylic acids is 1. The number of ketones is 1. The largest absolute Gasteiger partial charge is 0.299 e. The van der Waals surface area contributed by atoms with Crippen LogP contribution in [0.1, 0.15) is 118 Å². The second-order valence-corrected chi connectivity index (χ2v) is 9.74. The minimum atomic E-state index is -0.200. The molecule has 0 N–H and O–H groups in total. The van der Waals surface area contributed by atoms with Crippen molar-refractivity contribution in [1.29, 1.82) is 0 Å². The summed E-state index contributed by atoms with van der Waals surface area (Å²) in [6, 6.07) is 0. The smallest absolute Gasteiger partial charge is 0.142 e. The lowest BCUT2D eigenvalue weighted by atomic mass is 9.60. The van der Waals surface area contributed by atoms with Crippen LogP contribution in [-0.4, -0.2) is 5.78 Å². The monoisotopic (exact) mass is 372 g/mol. The van der Waals surface area contributed by atoms with Gasteiger partial charge in [-0.15, -0.1) is 0 Å². The van der Waals surface area contributed by atoms with Gasteiger partial charge in [0, 0.05) is 11.8 Å². The molecule has 0 saturated heterocycles. The Labute approximate surface area is 169 Å². The first-order valence-electron chi connectivity index (χ1n) is 11.9. The zero-order chi connectivity index (χ0) is 19.8. The molecule has 0 amide bonds. The highest BCUT2D eigenvalue weighted by Crippen LogP contribution is 2.59. The SMILES string of the molecule is CCCCCCC/C=C/C1=CC2(C)CC1(C)C(CCCCCCC)CC2=O. The van der Waals surface area contributed by atoms with E-state index in [1.807, 2.05) is 0 Å². The van der Waals surface area contributed by atoms with Crippen molar-refractivity contribution in [1.82, 2.24) is 0 Å². The van der Waals surface area contributed by atoms with Crippen LogP contribution in [0.3, 0.4) is 0 Å². The fourth-order valence-corrected chi connectivity index (χ4v) is 5.39. The van der Waals surface area contributed by atoms with E-state index in [0.717, 1.165) is 12.8 Å². The first-order valence-corrected chi connectivity index (χ1v) is 11.9. The van der Waals surface area contributed by atoms with Crippen molar-refractivity contribution in [3.63, 3.8) is 0 Å². The van der Waals surface area contributed by atoms with Gasteiger partial charge in [0.1, 0.15) is 5.78 Å². The number of Topliss-reactive ketones (excluding diaryl/α,β-unsaturated/α-hetero) is 1. The van der Waals surface area contributed by atoms with E-state index in [9.17, 15) is 4.79 Å².